The SMILES string of the molecule is CCOP(=O)(OCC)n1ccnc1. The highest BCUT2D eigenvalue weighted by Gasteiger charge is 2.25. The number of hydrogen-bond donors (Lipinski definition) is 0. The molecule has 0 aromatic carbocycles. The maximum atomic E-state index is 12.0. The van der Waals surface area contributed by atoms with Crippen LogP contribution in [0.1, 0.15) is 13.8 Å². The van der Waals surface area contributed by atoms with E-state index in [1.807, 2.05) is 0 Å². The molecule has 0 radical (unpaired) electrons. The number of aromatic nitrogens is 2. The van der Waals surface area contributed by atoms with E-state index in [0.29, 0.717) is 13.2 Å². The van der Waals surface area contributed by atoms with Crippen LogP contribution in [-0.4, -0.2) is 22.5 Å². The van der Waals surface area contributed by atoms with Gasteiger partial charge in [0.1, 0.15) is 6.33 Å². The molecule has 0 saturated carbocycles. The Labute approximate surface area is 77.3 Å². The predicted molar refractivity (Wildman–Crippen MR) is 48.5 cm³/mol. The Balaban J connectivity index is 2.85. The highest BCUT2D eigenvalue weighted by atomic mass is 31.2. The molecular weight excluding hydrogens is 191 g/mol. The maximum Gasteiger partial charge on any atom is 0.440 e. The number of rotatable bonds is 5. The van der Waals surface area contributed by atoms with E-state index in [1.165, 1.54) is 16.9 Å². The average Bonchev–Trinajstić information content (AvgIpc) is 2.57. The Hall–Kier alpha value is -0.640. The second kappa shape index (κ2) is 4.56. The minimum absolute atomic E-state index is 0.343. The summed E-state index contributed by atoms with van der Waals surface area (Å²) >= 11 is 0. The van der Waals surface area contributed by atoms with Gasteiger partial charge in [-0.1, -0.05) is 0 Å². The molecule has 13 heavy (non-hydrogen) atoms. The molecule has 0 N–H and O–H groups in total. The molecule has 5 nitrogen and oxygen atoms in total. The maximum absolute atomic E-state index is 12.0. The van der Waals surface area contributed by atoms with E-state index < -0.39 is 7.75 Å². The molecule has 0 fully saturated rings. The minimum Gasteiger partial charge on any atom is -0.292 e. The van der Waals surface area contributed by atoms with Gasteiger partial charge in [-0.05, 0) is 13.8 Å². The fourth-order valence-corrected chi connectivity index (χ4v) is 2.30. The van der Waals surface area contributed by atoms with E-state index in [2.05, 4.69) is 4.98 Å². The zero-order valence-electron chi connectivity index (χ0n) is 7.71. The Morgan fingerprint density at radius 3 is 2.38 bits per heavy atom. The third-order valence-electron chi connectivity index (χ3n) is 1.36. The van der Waals surface area contributed by atoms with Gasteiger partial charge in [0, 0.05) is 12.4 Å². The summed E-state index contributed by atoms with van der Waals surface area (Å²) in [5.41, 5.74) is 0. The summed E-state index contributed by atoms with van der Waals surface area (Å²) in [6, 6.07) is 0. The summed E-state index contributed by atoms with van der Waals surface area (Å²) in [5.74, 6) is 0. The predicted octanol–water partition coefficient (Wildman–Crippen LogP) is 1.91. The van der Waals surface area contributed by atoms with Gasteiger partial charge in [-0.3, -0.25) is 9.05 Å². The van der Waals surface area contributed by atoms with Gasteiger partial charge in [-0.2, -0.15) is 0 Å². The van der Waals surface area contributed by atoms with E-state index in [-0.39, 0.29) is 0 Å². The fourth-order valence-electron chi connectivity index (χ4n) is 0.894. The van der Waals surface area contributed by atoms with Crippen molar-refractivity contribution >= 4 is 7.75 Å². The van der Waals surface area contributed by atoms with Gasteiger partial charge >= 0.3 is 7.75 Å². The van der Waals surface area contributed by atoms with Crippen molar-refractivity contribution in [2.45, 2.75) is 13.8 Å². The van der Waals surface area contributed by atoms with Crippen LogP contribution >= 0.6 is 7.75 Å². The first kappa shape index (κ1) is 10.4. The van der Waals surface area contributed by atoms with Crippen LogP contribution in [-0.2, 0) is 13.6 Å². The molecular formula is C7H13N2O3P. The zero-order valence-corrected chi connectivity index (χ0v) is 8.61. The van der Waals surface area contributed by atoms with Gasteiger partial charge < -0.3 is 0 Å². The molecule has 1 aromatic heterocycles. The second-order valence-corrected chi connectivity index (χ2v) is 4.16. The van der Waals surface area contributed by atoms with Crippen molar-refractivity contribution < 1.29 is 13.6 Å². The van der Waals surface area contributed by atoms with Crippen LogP contribution in [0.15, 0.2) is 18.7 Å². The normalized spacial score (nSPS) is 11.8. The highest BCUT2D eigenvalue weighted by Crippen LogP contribution is 2.48. The van der Waals surface area contributed by atoms with Crippen LogP contribution in [0.5, 0.6) is 0 Å². The van der Waals surface area contributed by atoms with Crippen molar-refractivity contribution in [3.05, 3.63) is 18.7 Å². The lowest BCUT2D eigenvalue weighted by atomic mass is 10.9. The van der Waals surface area contributed by atoms with Crippen LogP contribution in [0.25, 0.3) is 0 Å². The van der Waals surface area contributed by atoms with Gasteiger partial charge in [0.15, 0.2) is 0 Å². The molecule has 6 heteroatoms. The van der Waals surface area contributed by atoms with Crippen LogP contribution in [0.3, 0.4) is 0 Å². The third kappa shape index (κ3) is 2.40. The van der Waals surface area contributed by atoms with E-state index in [9.17, 15) is 4.57 Å². The first-order chi connectivity index (χ1) is 6.23. The van der Waals surface area contributed by atoms with Crippen LogP contribution < -0.4 is 0 Å². The van der Waals surface area contributed by atoms with Crippen LogP contribution in [0.2, 0.25) is 0 Å². The van der Waals surface area contributed by atoms with E-state index in [0.717, 1.165) is 0 Å². The van der Waals surface area contributed by atoms with E-state index in [4.69, 9.17) is 9.05 Å². The molecule has 1 aromatic rings. The first-order valence-electron chi connectivity index (χ1n) is 4.11. The smallest absolute Gasteiger partial charge is 0.292 e. The monoisotopic (exact) mass is 204 g/mol. The topological polar surface area (TPSA) is 53.4 Å². The summed E-state index contributed by atoms with van der Waals surface area (Å²) in [5, 5.41) is 0. The molecule has 0 bridgehead atoms. The van der Waals surface area contributed by atoms with Gasteiger partial charge in [-0.15, -0.1) is 0 Å². The molecule has 0 unspecified atom stereocenters. The Kier molecular flexibility index (Phi) is 3.66. The second-order valence-electron chi connectivity index (χ2n) is 2.25. The summed E-state index contributed by atoms with van der Waals surface area (Å²) in [7, 11) is -3.17. The van der Waals surface area contributed by atoms with Crippen LogP contribution in [0, 0.1) is 0 Å². The third-order valence-corrected chi connectivity index (χ3v) is 3.33. The van der Waals surface area contributed by atoms with Gasteiger partial charge in [0.05, 0.1) is 13.2 Å². The van der Waals surface area contributed by atoms with Crippen molar-refractivity contribution in [3.63, 3.8) is 0 Å². The summed E-state index contributed by atoms with van der Waals surface area (Å²) in [4.78, 5) is 3.78. The molecule has 1 heterocycles. The van der Waals surface area contributed by atoms with Gasteiger partial charge in [-0.25, -0.2) is 13.9 Å². The Bertz CT molecular complexity index is 276. The summed E-state index contributed by atoms with van der Waals surface area (Å²) < 4.78 is 23.5. The molecule has 74 valence electrons. The van der Waals surface area contributed by atoms with Crippen molar-refractivity contribution in [3.8, 4) is 0 Å². The molecule has 0 aliphatic rings. The lowest BCUT2D eigenvalue weighted by Gasteiger charge is -2.16. The zero-order chi connectivity index (χ0) is 9.73. The molecule has 0 aliphatic heterocycles. The quantitative estimate of drug-likeness (QED) is 0.687. The standard InChI is InChI=1S/C7H13N2O3P/c1-3-11-13(10,12-4-2)9-6-5-8-7-9/h5-7H,3-4H2,1-2H3. The van der Waals surface area contributed by atoms with E-state index in [1.54, 1.807) is 20.0 Å². The lowest BCUT2D eigenvalue weighted by Crippen LogP contribution is -2.02. The van der Waals surface area contributed by atoms with Crippen LogP contribution in [0.4, 0.5) is 0 Å². The highest BCUT2D eigenvalue weighted by molar-refractivity contribution is 7.52. The van der Waals surface area contributed by atoms with Gasteiger partial charge in [0.2, 0.25) is 0 Å². The molecule has 0 saturated heterocycles. The fraction of sp³-hybridized carbons (Fsp3) is 0.571. The summed E-state index contributed by atoms with van der Waals surface area (Å²) in [6.07, 6.45) is 4.52. The minimum atomic E-state index is -3.17. The van der Waals surface area contributed by atoms with Gasteiger partial charge in [0.25, 0.3) is 0 Å². The molecule has 0 spiro atoms. The molecule has 0 atom stereocenters. The van der Waals surface area contributed by atoms with Crippen molar-refractivity contribution in [2.24, 2.45) is 0 Å². The largest absolute Gasteiger partial charge is 0.440 e. The first-order valence-corrected chi connectivity index (χ1v) is 5.60. The lowest BCUT2D eigenvalue weighted by molar-refractivity contribution is 0.212. The molecule has 0 amide bonds. The average molecular weight is 204 g/mol. The number of nitrogens with zero attached hydrogens (tertiary/aromatic N) is 2. The van der Waals surface area contributed by atoms with Crippen molar-refractivity contribution in [2.75, 3.05) is 13.2 Å². The van der Waals surface area contributed by atoms with E-state index >= 15 is 0 Å². The molecule has 0 aliphatic carbocycles. The number of imidazole rings is 1. The molecule has 1 rings (SSSR count). The Morgan fingerprint density at radius 1 is 1.38 bits per heavy atom. The Morgan fingerprint density at radius 2 is 2.00 bits per heavy atom. The summed E-state index contributed by atoms with van der Waals surface area (Å²) in [6.45, 7) is 4.22. The number of hydrogen-bond acceptors (Lipinski definition) is 4. The van der Waals surface area contributed by atoms with Crippen molar-refractivity contribution in [1.82, 2.24) is 9.32 Å². The van der Waals surface area contributed by atoms with Crippen molar-refractivity contribution in [1.29, 1.82) is 0 Å².